The van der Waals surface area contributed by atoms with Crippen LogP contribution in [0.5, 0.6) is 0 Å². The monoisotopic (exact) mass is 287 g/mol. The molecule has 0 amide bonds. The summed E-state index contributed by atoms with van der Waals surface area (Å²) in [5, 5.41) is 13.8. The van der Waals surface area contributed by atoms with Crippen LogP contribution in [0.3, 0.4) is 0 Å². The lowest BCUT2D eigenvalue weighted by atomic mass is 10.1. The van der Waals surface area contributed by atoms with E-state index in [0.29, 0.717) is 0 Å². The Balaban J connectivity index is 1.80. The minimum atomic E-state index is 0.259. The number of hydrogen-bond acceptors (Lipinski definition) is 5. The van der Waals surface area contributed by atoms with Crippen molar-refractivity contribution < 1.29 is 0 Å². The molecule has 0 aliphatic carbocycles. The van der Waals surface area contributed by atoms with Crippen LogP contribution in [0.4, 0.5) is 5.82 Å². The molecule has 0 saturated carbocycles. The summed E-state index contributed by atoms with van der Waals surface area (Å²) in [6, 6.07) is 4.40. The summed E-state index contributed by atoms with van der Waals surface area (Å²) < 4.78 is 0. The maximum atomic E-state index is 4.52. The van der Waals surface area contributed by atoms with Crippen molar-refractivity contribution in [2.24, 2.45) is 0 Å². The van der Waals surface area contributed by atoms with Gasteiger partial charge in [0.25, 0.3) is 0 Å². The van der Waals surface area contributed by atoms with E-state index in [-0.39, 0.29) is 6.04 Å². The summed E-state index contributed by atoms with van der Waals surface area (Å²) in [5.41, 5.74) is 2.15. The van der Waals surface area contributed by atoms with Crippen molar-refractivity contribution in [1.82, 2.24) is 20.2 Å². The number of nitrogens with zero attached hydrogens (tertiary/aromatic N) is 3. The molecule has 5 nitrogen and oxygen atoms in total. The van der Waals surface area contributed by atoms with Crippen molar-refractivity contribution >= 4 is 27.4 Å². The van der Waals surface area contributed by atoms with Crippen molar-refractivity contribution in [3.63, 3.8) is 0 Å². The lowest BCUT2D eigenvalue weighted by molar-refractivity contribution is 0.760. The Morgan fingerprint density at radius 1 is 1.35 bits per heavy atom. The fourth-order valence-electron chi connectivity index (χ4n) is 2.25. The number of rotatable bonds is 4. The van der Waals surface area contributed by atoms with Crippen LogP contribution >= 0.6 is 11.3 Å². The van der Waals surface area contributed by atoms with Gasteiger partial charge >= 0.3 is 0 Å². The number of thiophene rings is 1. The Kier molecular flexibility index (Phi) is 3.40. The molecule has 0 aromatic carbocycles. The zero-order valence-electron chi connectivity index (χ0n) is 11.8. The highest BCUT2D eigenvalue weighted by atomic mass is 32.1. The Morgan fingerprint density at radius 2 is 2.20 bits per heavy atom. The largest absolute Gasteiger partial charge is 0.367 e. The highest BCUT2D eigenvalue weighted by molar-refractivity contribution is 7.16. The Labute approximate surface area is 121 Å². The predicted octanol–water partition coefficient (Wildman–Crippen LogP) is 3.07. The second kappa shape index (κ2) is 5.20. The molecule has 0 saturated heterocycles. The van der Waals surface area contributed by atoms with Gasteiger partial charge in [0.05, 0.1) is 11.1 Å². The van der Waals surface area contributed by atoms with Crippen LogP contribution in [0.15, 0.2) is 17.5 Å². The number of nitrogens with one attached hydrogen (secondary N) is 2. The van der Waals surface area contributed by atoms with E-state index < -0.39 is 0 Å². The van der Waals surface area contributed by atoms with Crippen LogP contribution in [-0.4, -0.2) is 26.2 Å². The molecular formula is C14H17N5S. The van der Waals surface area contributed by atoms with Gasteiger partial charge < -0.3 is 5.32 Å². The molecule has 0 fully saturated rings. The minimum absolute atomic E-state index is 0.259. The normalized spacial score (nSPS) is 12.8. The van der Waals surface area contributed by atoms with Crippen LogP contribution in [0.1, 0.15) is 24.1 Å². The fourth-order valence-corrected chi connectivity index (χ4v) is 3.06. The summed E-state index contributed by atoms with van der Waals surface area (Å²) in [5.74, 6) is 1.71. The van der Waals surface area contributed by atoms with Gasteiger partial charge in [-0.25, -0.2) is 9.97 Å². The van der Waals surface area contributed by atoms with Gasteiger partial charge in [0, 0.05) is 18.2 Å². The van der Waals surface area contributed by atoms with Crippen molar-refractivity contribution in [2.75, 3.05) is 5.32 Å². The number of aromatic amines is 1. The fraction of sp³-hybridized carbons (Fsp3) is 0.357. The lowest BCUT2D eigenvalue weighted by Gasteiger charge is -2.14. The van der Waals surface area contributed by atoms with E-state index in [2.05, 4.69) is 44.5 Å². The third kappa shape index (κ3) is 2.65. The SMILES string of the molecule is Cc1nc(NC(C)Cc2cc(C)[nH]n2)c2ccsc2n1. The molecule has 3 rings (SSSR count). The smallest absolute Gasteiger partial charge is 0.138 e. The van der Waals surface area contributed by atoms with Crippen molar-refractivity contribution in [3.8, 4) is 0 Å². The average molecular weight is 287 g/mol. The van der Waals surface area contributed by atoms with Gasteiger partial charge in [0.2, 0.25) is 0 Å². The van der Waals surface area contributed by atoms with Crippen LogP contribution in [-0.2, 0) is 6.42 Å². The molecule has 1 unspecified atom stereocenters. The maximum Gasteiger partial charge on any atom is 0.138 e. The first-order valence-electron chi connectivity index (χ1n) is 6.61. The maximum absolute atomic E-state index is 4.52. The number of anilines is 1. The van der Waals surface area contributed by atoms with Gasteiger partial charge in [-0.1, -0.05) is 0 Å². The quantitative estimate of drug-likeness (QED) is 0.774. The van der Waals surface area contributed by atoms with Gasteiger partial charge in [-0.05, 0) is 38.3 Å². The molecule has 0 radical (unpaired) electrons. The molecule has 1 atom stereocenters. The van der Waals surface area contributed by atoms with E-state index in [1.165, 1.54) is 0 Å². The average Bonchev–Trinajstić information content (AvgIpc) is 2.98. The molecule has 0 bridgehead atoms. The molecule has 6 heteroatoms. The Hall–Kier alpha value is -1.95. The van der Waals surface area contributed by atoms with Crippen LogP contribution in [0, 0.1) is 13.8 Å². The number of aromatic nitrogens is 4. The first-order chi connectivity index (χ1) is 9.61. The molecule has 0 aliphatic heterocycles. The van der Waals surface area contributed by atoms with Crippen LogP contribution < -0.4 is 5.32 Å². The molecule has 104 valence electrons. The highest BCUT2D eigenvalue weighted by Crippen LogP contribution is 2.25. The second-order valence-electron chi connectivity index (χ2n) is 5.05. The molecule has 3 aromatic heterocycles. The molecular weight excluding hydrogens is 270 g/mol. The lowest BCUT2D eigenvalue weighted by Crippen LogP contribution is -2.19. The topological polar surface area (TPSA) is 66.5 Å². The third-order valence-corrected chi connectivity index (χ3v) is 3.90. The predicted molar refractivity (Wildman–Crippen MR) is 82.3 cm³/mol. The first-order valence-corrected chi connectivity index (χ1v) is 7.49. The van der Waals surface area contributed by atoms with Gasteiger partial charge in [-0.15, -0.1) is 11.3 Å². The summed E-state index contributed by atoms with van der Waals surface area (Å²) in [4.78, 5) is 9.99. The number of hydrogen-bond donors (Lipinski definition) is 2. The van der Waals surface area contributed by atoms with Crippen molar-refractivity contribution in [2.45, 2.75) is 33.2 Å². The van der Waals surface area contributed by atoms with Crippen LogP contribution in [0.2, 0.25) is 0 Å². The zero-order chi connectivity index (χ0) is 14.1. The molecule has 3 aromatic rings. The van der Waals surface area contributed by atoms with Gasteiger partial charge in [0.15, 0.2) is 0 Å². The Bertz CT molecular complexity index is 730. The van der Waals surface area contributed by atoms with Gasteiger partial charge in [-0.2, -0.15) is 5.10 Å². The number of H-pyrrole nitrogens is 1. The van der Waals surface area contributed by atoms with E-state index in [1.807, 2.05) is 19.2 Å². The zero-order valence-corrected chi connectivity index (χ0v) is 12.6. The first kappa shape index (κ1) is 13.1. The number of aryl methyl sites for hydroxylation is 2. The van der Waals surface area contributed by atoms with Crippen LogP contribution in [0.25, 0.3) is 10.2 Å². The van der Waals surface area contributed by atoms with E-state index in [9.17, 15) is 0 Å². The summed E-state index contributed by atoms with van der Waals surface area (Å²) in [6.07, 6.45) is 0.860. The Morgan fingerprint density at radius 3 is 2.95 bits per heavy atom. The minimum Gasteiger partial charge on any atom is -0.367 e. The van der Waals surface area contributed by atoms with E-state index in [1.54, 1.807) is 11.3 Å². The standard InChI is InChI=1S/C14H17N5S/c1-8(6-11-7-9(2)18-19-11)15-13-12-4-5-20-14(12)17-10(3)16-13/h4-5,7-8H,6H2,1-3H3,(H,18,19)(H,15,16,17). The highest BCUT2D eigenvalue weighted by Gasteiger charge is 2.11. The molecule has 3 heterocycles. The summed E-state index contributed by atoms with van der Waals surface area (Å²) >= 11 is 1.64. The molecule has 2 N–H and O–H groups in total. The second-order valence-corrected chi connectivity index (χ2v) is 5.95. The van der Waals surface area contributed by atoms with Crippen molar-refractivity contribution in [3.05, 3.63) is 34.7 Å². The van der Waals surface area contributed by atoms with E-state index >= 15 is 0 Å². The number of fused-ring (bicyclic) bond motifs is 1. The van der Waals surface area contributed by atoms with Gasteiger partial charge in [0.1, 0.15) is 16.5 Å². The summed E-state index contributed by atoms with van der Waals surface area (Å²) in [6.45, 7) is 6.07. The van der Waals surface area contributed by atoms with E-state index in [4.69, 9.17) is 0 Å². The van der Waals surface area contributed by atoms with Crippen molar-refractivity contribution in [1.29, 1.82) is 0 Å². The third-order valence-electron chi connectivity index (χ3n) is 3.09. The van der Waals surface area contributed by atoms with E-state index in [0.717, 1.165) is 39.7 Å². The van der Waals surface area contributed by atoms with Gasteiger partial charge in [-0.3, -0.25) is 5.10 Å². The molecule has 20 heavy (non-hydrogen) atoms. The summed E-state index contributed by atoms with van der Waals surface area (Å²) in [7, 11) is 0. The molecule has 0 aliphatic rings. The molecule has 0 spiro atoms.